The van der Waals surface area contributed by atoms with Crippen molar-refractivity contribution in [2.45, 2.75) is 18.9 Å². The summed E-state index contributed by atoms with van der Waals surface area (Å²) in [5.41, 5.74) is 2.92. The van der Waals surface area contributed by atoms with E-state index in [-0.39, 0.29) is 32.9 Å². The number of allylic oxidation sites excluding steroid dienone is 1. The number of amides is 1. The van der Waals surface area contributed by atoms with Crippen LogP contribution in [0.4, 0.5) is 10.1 Å². The van der Waals surface area contributed by atoms with Crippen molar-refractivity contribution in [1.82, 2.24) is 15.2 Å². The van der Waals surface area contributed by atoms with Crippen molar-refractivity contribution in [3.05, 3.63) is 67.1 Å². The number of rotatable bonds is 8. The number of hydrogen-bond donors (Lipinski definition) is 3. The molecule has 0 aliphatic carbocycles. The number of nitrogens with one attached hydrogen (secondary N) is 3. The number of benzene rings is 1. The van der Waals surface area contributed by atoms with E-state index in [1.165, 1.54) is 13.2 Å². The van der Waals surface area contributed by atoms with E-state index in [2.05, 4.69) is 52.1 Å². The molecule has 3 heterocycles. The number of carbonyl (C=O) groups excluding carboxylic acids is 1. The van der Waals surface area contributed by atoms with Gasteiger partial charge in [0.15, 0.2) is 0 Å². The molecule has 1 fully saturated rings. The number of halogens is 2. The summed E-state index contributed by atoms with van der Waals surface area (Å²) in [5.74, 6) is 0.221. The van der Waals surface area contributed by atoms with Crippen LogP contribution in [0.1, 0.15) is 28.4 Å². The molecule has 0 radical (unpaired) electrons. The Morgan fingerprint density at radius 1 is 1.34 bits per heavy atom. The first-order chi connectivity index (χ1) is 15.6. The van der Waals surface area contributed by atoms with E-state index in [4.69, 9.17) is 4.74 Å². The van der Waals surface area contributed by atoms with Gasteiger partial charge in [0.05, 0.1) is 0 Å². The molecule has 2 aliphatic heterocycles. The molecule has 7 nitrogen and oxygen atoms in total. The second-order valence-corrected chi connectivity index (χ2v) is 9.54. The van der Waals surface area contributed by atoms with Crippen LogP contribution in [0.15, 0.2) is 55.1 Å². The maximum atomic E-state index is 14.7. The Hall–Kier alpha value is -2.66. The molecular weight excluding hydrogens is 524 g/mol. The zero-order chi connectivity index (χ0) is 22.5. The molecule has 0 saturated carbocycles. The minimum absolute atomic E-state index is 0.0785. The number of anilines is 1. The molecule has 0 bridgehead atoms. The molecule has 0 unspecified atom stereocenters. The topological polar surface area (TPSA) is 79.7 Å². The van der Waals surface area contributed by atoms with E-state index in [0.717, 1.165) is 30.2 Å². The number of ether oxygens (including phenoxy) is 1. The zero-order valence-corrected chi connectivity index (χ0v) is 20.1. The Morgan fingerprint density at radius 3 is 2.91 bits per heavy atom. The van der Waals surface area contributed by atoms with Gasteiger partial charge in [0.25, 0.3) is 0 Å². The van der Waals surface area contributed by atoms with Crippen LogP contribution >= 0.6 is 0 Å². The number of aromatic nitrogens is 1. The fourth-order valence-electron chi connectivity index (χ4n) is 3.45. The van der Waals surface area contributed by atoms with Gasteiger partial charge >= 0.3 is 197 Å². The van der Waals surface area contributed by atoms with Gasteiger partial charge in [-0.3, -0.25) is 0 Å². The molecule has 170 valence electrons. The molecule has 4 rings (SSSR count). The third-order valence-corrected chi connectivity index (χ3v) is 7.52. The van der Waals surface area contributed by atoms with Crippen molar-refractivity contribution < 1.29 is 35.1 Å². The Balaban J connectivity index is 1.38. The first-order valence-electron chi connectivity index (χ1n) is 10.4. The van der Waals surface area contributed by atoms with Crippen LogP contribution in [-0.2, 0) is 6.42 Å². The summed E-state index contributed by atoms with van der Waals surface area (Å²) in [7, 11) is 2.95. The maximum absolute atomic E-state index is 14.7. The van der Waals surface area contributed by atoms with Crippen LogP contribution in [0.25, 0.3) is 0 Å². The van der Waals surface area contributed by atoms with Gasteiger partial charge in [-0.1, -0.05) is 0 Å². The summed E-state index contributed by atoms with van der Waals surface area (Å²) in [6.07, 6.45) is 7.12. The molecule has 0 spiro atoms. The van der Waals surface area contributed by atoms with Crippen LogP contribution in [-0.4, -0.2) is 43.9 Å². The van der Waals surface area contributed by atoms with E-state index < -0.39 is 5.82 Å². The van der Waals surface area contributed by atoms with Gasteiger partial charge in [-0.2, -0.15) is 0 Å². The van der Waals surface area contributed by atoms with Gasteiger partial charge in [0.1, 0.15) is 0 Å². The van der Waals surface area contributed by atoms with Crippen LogP contribution < -0.4 is 41.9 Å². The molecule has 1 aromatic carbocycles. The van der Waals surface area contributed by atoms with Crippen molar-refractivity contribution in [2.75, 3.05) is 32.6 Å². The van der Waals surface area contributed by atoms with E-state index in [1.54, 1.807) is 13.1 Å². The Morgan fingerprint density at radius 2 is 2.19 bits per heavy atom. The van der Waals surface area contributed by atoms with E-state index in [9.17, 15) is 9.18 Å². The van der Waals surface area contributed by atoms with Gasteiger partial charge in [0.2, 0.25) is 0 Å². The SMILES string of the molecule is CNC(=O)c1cc(CCC2=C[I-]C=C(Nc3ccn(C4CNC4)c3)N=C2)c(F)c(OC)c1. The summed E-state index contributed by atoms with van der Waals surface area (Å²) in [6.45, 7) is 2.01. The molecule has 3 N–H and O–H groups in total. The molecule has 32 heavy (non-hydrogen) atoms. The third-order valence-electron chi connectivity index (χ3n) is 5.41. The van der Waals surface area contributed by atoms with Crippen LogP contribution in [0.2, 0.25) is 0 Å². The number of aliphatic imine (C=N–C) groups is 1. The average molecular weight is 550 g/mol. The molecule has 1 saturated heterocycles. The van der Waals surface area contributed by atoms with E-state index in [0.29, 0.717) is 30.0 Å². The van der Waals surface area contributed by atoms with Crippen molar-refractivity contribution >= 4 is 17.8 Å². The predicted octanol–water partition coefficient (Wildman–Crippen LogP) is 0.0406. The standard InChI is InChI=1S/C23H26FIN5O2/c1-26-23(31)17-7-16(22(24)20(8-17)32-2)4-3-15-9-25-10-21(28-11-15)29-18-5-6-30(14-18)19-12-27-13-19/h5-11,14,19,27,29H,3-4,12-13H2,1-2H3,(H,26,31)/q-1. The van der Waals surface area contributed by atoms with Crippen molar-refractivity contribution in [2.24, 2.45) is 4.99 Å². The van der Waals surface area contributed by atoms with Crippen molar-refractivity contribution in [1.29, 1.82) is 0 Å². The van der Waals surface area contributed by atoms with Crippen LogP contribution in [0.5, 0.6) is 5.75 Å². The molecule has 1 amide bonds. The monoisotopic (exact) mass is 550 g/mol. The second-order valence-electron chi connectivity index (χ2n) is 7.58. The average Bonchev–Trinajstić information content (AvgIpc) is 3.08. The summed E-state index contributed by atoms with van der Waals surface area (Å²) in [4.78, 5) is 16.6. The molecule has 9 heteroatoms. The first kappa shape index (κ1) is 22.5. The van der Waals surface area contributed by atoms with Crippen molar-refractivity contribution in [3.63, 3.8) is 0 Å². The van der Waals surface area contributed by atoms with Gasteiger partial charge in [-0.05, 0) is 0 Å². The Kier molecular flexibility index (Phi) is 7.26. The Labute approximate surface area is 197 Å². The van der Waals surface area contributed by atoms with Crippen LogP contribution in [0.3, 0.4) is 0 Å². The van der Waals surface area contributed by atoms with E-state index in [1.807, 2.05) is 6.21 Å². The van der Waals surface area contributed by atoms with Crippen molar-refractivity contribution in [3.8, 4) is 5.75 Å². The number of carbonyl (C=O) groups is 1. The molecular formula is C23H26FIN5O2-. The van der Waals surface area contributed by atoms with Gasteiger partial charge in [-0.15, -0.1) is 0 Å². The quantitative estimate of drug-likeness (QED) is 0.406. The minimum atomic E-state index is -0.423. The number of methoxy groups -OCH3 is 1. The van der Waals surface area contributed by atoms with Gasteiger partial charge in [-0.25, -0.2) is 0 Å². The Bertz CT molecular complexity index is 1090. The summed E-state index contributed by atoms with van der Waals surface area (Å²) < 4.78 is 26.4. The summed E-state index contributed by atoms with van der Waals surface area (Å²) in [5, 5.41) is 9.23. The molecule has 2 aliphatic rings. The number of nitrogens with zero attached hydrogens (tertiary/aromatic N) is 2. The summed E-state index contributed by atoms with van der Waals surface area (Å²) in [6, 6.07) is 5.60. The fourth-order valence-corrected chi connectivity index (χ4v) is 5.22. The molecule has 2 aromatic rings. The number of aryl methyl sites for hydroxylation is 1. The van der Waals surface area contributed by atoms with Gasteiger partial charge < -0.3 is 0 Å². The fraction of sp³-hybridized carbons (Fsp3) is 0.304. The second kappa shape index (κ2) is 10.3. The van der Waals surface area contributed by atoms with E-state index >= 15 is 0 Å². The van der Waals surface area contributed by atoms with Crippen LogP contribution in [0, 0.1) is 5.82 Å². The first-order valence-corrected chi connectivity index (χ1v) is 12.9. The third kappa shape index (κ3) is 5.21. The number of hydrogen-bond acceptors (Lipinski definition) is 5. The molecule has 0 atom stereocenters. The summed E-state index contributed by atoms with van der Waals surface area (Å²) >= 11 is -0.320. The zero-order valence-electron chi connectivity index (χ0n) is 18.0. The van der Waals surface area contributed by atoms with Gasteiger partial charge in [0, 0.05) is 0 Å². The predicted molar refractivity (Wildman–Crippen MR) is 119 cm³/mol. The molecule has 1 aromatic heterocycles. The normalized spacial score (nSPS) is 16.2.